The average Bonchev–Trinajstić information content (AvgIpc) is 3.14. The molecule has 0 bridgehead atoms. The molecule has 3 aromatic carbocycles. The van der Waals surface area contributed by atoms with Crippen molar-refractivity contribution in [2.45, 2.75) is 6.92 Å². The Morgan fingerprint density at radius 2 is 1.60 bits per heavy atom. The van der Waals surface area contributed by atoms with Crippen LogP contribution in [0.15, 0.2) is 90.1 Å². The fraction of sp³-hybridized carbons (Fsp3) is 0.0800. The summed E-state index contributed by atoms with van der Waals surface area (Å²) >= 11 is 5.99. The van der Waals surface area contributed by atoms with Gasteiger partial charge in [-0.1, -0.05) is 17.7 Å². The van der Waals surface area contributed by atoms with E-state index in [2.05, 4.69) is 28.7 Å². The van der Waals surface area contributed by atoms with Gasteiger partial charge in [-0.05, 0) is 79.7 Å². The highest BCUT2D eigenvalue weighted by molar-refractivity contribution is 6.30. The smallest absolute Gasteiger partial charge is 0.128 e. The van der Waals surface area contributed by atoms with E-state index in [4.69, 9.17) is 21.1 Å². The molecule has 150 valence electrons. The lowest BCUT2D eigenvalue weighted by molar-refractivity contribution is 0.414. The minimum atomic E-state index is 0.644. The molecule has 5 heteroatoms. The molecule has 0 spiro atoms. The van der Waals surface area contributed by atoms with E-state index in [9.17, 15) is 0 Å². The summed E-state index contributed by atoms with van der Waals surface area (Å²) < 4.78 is 13.2. The maximum atomic E-state index is 5.99. The molecular weight excluding hydrogens is 396 g/mol. The number of halogens is 1. The summed E-state index contributed by atoms with van der Waals surface area (Å²) in [6.07, 6.45) is 3.93. The van der Waals surface area contributed by atoms with Crippen LogP contribution in [0.25, 0.3) is 5.69 Å². The molecule has 4 rings (SSSR count). The van der Waals surface area contributed by atoms with Crippen LogP contribution in [0.4, 0.5) is 5.69 Å². The number of hydrogen-bond donors (Lipinski definition) is 0. The van der Waals surface area contributed by atoms with Crippen LogP contribution in [0.3, 0.4) is 0 Å². The Hall–Kier alpha value is -3.50. The van der Waals surface area contributed by atoms with Gasteiger partial charge in [-0.2, -0.15) is 0 Å². The van der Waals surface area contributed by atoms with E-state index in [0.717, 1.165) is 34.1 Å². The van der Waals surface area contributed by atoms with Crippen LogP contribution in [0, 0.1) is 6.92 Å². The van der Waals surface area contributed by atoms with E-state index in [1.165, 1.54) is 0 Å². The lowest BCUT2D eigenvalue weighted by Crippen LogP contribution is -1.94. The average molecular weight is 417 g/mol. The van der Waals surface area contributed by atoms with E-state index in [0.29, 0.717) is 10.8 Å². The number of methoxy groups -OCH3 is 1. The fourth-order valence-electron chi connectivity index (χ4n) is 3.11. The van der Waals surface area contributed by atoms with E-state index < -0.39 is 0 Å². The molecule has 1 heterocycles. The molecule has 0 saturated carbocycles. The van der Waals surface area contributed by atoms with Gasteiger partial charge in [0.2, 0.25) is 0 Å². The lowest BCUT2D eigenvalue weighted by Gasteiger charge is -2.06. The van der Waals surface area contributed by atoms with Crippen molar-refractivity contribution in [1.29, 1.82) is 0 Å². The Kier molecular flexibility index (Phi) is 5.87. The van der Waals surface area contributed by atoms with E-state index >= 15 is 0 Å². The standard InChI is InChI=1S/C25H21ClN2O2/c1-18-14-19(17-28(18)22-8-12-23(29-2)13-9-22)16-27-21-6-10-24(11-7-21)30-25-5-3-4-20(26)15-25/h3-17H,1-2H3. The highest BCUT2D eigenvalue weighted by Crippen LogP contribution is 2.26. The summed E-state index contributed by atoms with van der Waals surface area (Å²) in [6, 6.07) is 25.0. The molecular formula is C25H21ClN2O2. The van der Waals surface area contributed by atoms with Crippen LogP contribution in [-0.2, 0) is 0 Å². The van der Waals surface area contributed by atoms with Crippen LogP contribution in [0.2, 0.25) is 5.02 Å². The second kappa shape index (κ2) is 8.89. The molecule has 0 saturated heterocycles. The van der Waals surface area contributed by atoms with Gasteiger partial charge in [-0.15, -0.1) is 0 Å². The lowest BCUT2D eigenvalue weighted by atomic mass is 10.3. The van der Waals surface area contributed by atoms with Gasteiger partial charge in [-0.25, -0.2) is 0 Å². The summed E-state index contributed by atoms with van der Waals surface area (Å²) in [6.45, 7) is 2.07. The largest absolute Gasteiger partial charge is 0.497 e. The number of aryl methyl sites for hydroxylation is 1. The topological polar surface area (TPSA) is 35.8 Å². The monoisotopic (exact) mass is 416 g/mol. The SMILES string of the molecule is COc1ccc(-n2cc(C=Nc3ccc(Oc4cccc(Cl)c4)cc3)cc2C)cc1. The Bertz CT molecular complexity index is 1160. The first-order valence-electron chi connectivity index (χ1n) is 9.52. The molecule has 0 N–H and O–H groups in total. The Balaban J connectivity index is 1.46. The Morgan fingerprint density at radius 1 is 0.867 bits per heavy atom. The molecule has 0 radical (unpaired) electrons. The van der Waals surface area contributed by atoms with Crippen LogP contribution in [0.1, 0.15) is 11.3 Å². The van der Waals surface area contributed by atoms with Crippen LogP contribution in [-0.4, -0.2) is 17.9 Å². The van der Waals surface area contributed by atoms with Gasteiger partial charge in [-0.3, -0.25) is 4.99 Å². The van der Waals surface area contributed by atoms with E-state index in [-0.39, 0.29) is 0 Å². The quantitative estimate of drug-likeness (QED) is 0.317. The van der Waals surface area contributed by atoms with Crippen LogP contribution < -0.4 is 9.47 Å². The van der Waals surface area contributed by atoms with E-state index in [1.54, 1.807) is 13.2 Å². The van der Waals surface area contributed by atoms with Gasteiger partial charge in [0.15, 0.2) is 0 Å². The first-order valence-corrected chi connectivity index (χ1v) is 9.89. The number of benzene rings is 3. The number of rotatable bonds is 6. The zero-order valence-electron chi connectivity index (χ0n) is 16.7. The highest BCUT2D eigenvalue weighted by atomic mass is 35.5. The van der Waals surface area contributed by atoms with Gasteiger partial charge >= 0.3 is 0 Å². The van der Waals surface area contributed by atoms with Crippen molar-refractivity contribution < 1.29 is 9.47 Å². The van der Waals surface area contributed by atoms with Crippen molar-refractivity contribution in [1.82, 2.24) is 4.57 Å². The Labute approximate surface area is 181 Å². The molecule has 0 fully saturated rings. The van der Waals surface area contributed by atoms with Crippen molar-refractivity contribution in [2.75, 3.05) is 7.11 Å². The molecule has 4 aromatic rings. The molecule has 0 atom stereocenters. The zero-order chi connectivity index (χ0) is 20.9. The number of hydrogen-bond acceptors (Lipinski definition) is 3. The van der Waals surface area contributed by atoms with Crippen LogP contribution >= 0.6 is 11.6 Å². The molecule has 0 amide bonds. The number of aromatic nitrogens is 1. The minimum Gasteiger partial charge on any atom is -0.497 e. The molecule has 0 aliphatic rings. The predicted octanol–water partition coefficient (Wildman–Crippen LogP) is 6.99. The molecule has 4 nitrogen and oxygen atoms in total. The summed E-state index contributed by atoms with van der Waals surface area (Å²) in [4.78, 5) is 4.58. The second-order valence-corrected chi connectivity index (χ2v) is 7.23. The van der Waals surface area contributed by atoms with Gasteiger partial charge < -0.3 is 14.0 Å². The molecule has 0 aliphatic carbocycles. The zero-order valence-corrected chi connectivity index (χ0v) is 17.5. The van der Waals surface area contributed by atoms with Crippen LogP contribution in [0.5, 0.6) is 17.2 Å². The van der Waals surface area contributed by atoms with Gasteiger partial charge in [0, 0.05) is 34.4 Å². The van der Waals surface area contributed by atoms with Gasteiger partial charge in [0.25, 0.3) is 0 Å². The fourth-order valence-corrected chi connectivity index (χ4v) is 3.29. The normalized spacial score (nSPS) is 11.0. The Morgan fingerprint density at radius 3 is 2.30 bits per heavy atom. The van der Waals surface area contributed by atoms with Crippen molar-refractivity contribution in [2.24, 2.45) is 4.99 Å². The minimum absolute atomic E-state index is 0.644. The maximum Gasteiger partial charge on any atom is 0.128 e. The van der Waals surface area contributed by atoms with Gasteiger partial charge in [0.05, 0.1) is 12.8 Å². The molecule has 0 aliphatic heterocycles. The first-order chi connectivity index (χ1) is 14.6. The maximum absolute atomic E-state index is 5.99. The summed E-state index contributed by atoms with van der Waals surface area (Å²) in [5.41, 5.74) is 4.09. The predicted molar refractivity (Wildman–Crippen MR) is 122 cm³/mol. The number of nitrogens with zero attached hydrogens (tertiary/aromatic N) is 2. The second-order valence-electron chi connectivity index (χ2n) is 6.79. The highest BCUT2D eigenvalue weighted by Gasteiger charge is 2.04. The summed E-state index contributed by atoms with van der Waals surface area (Å²) in [5, 5.41) is 0.644. The van der Waals surface area contributed by atoms with Crippen molar-refractivity contribution in [3.8, 4) is 22.9 Å². The first kappa shape index (κ1) is 19.8. The number of aliphatic imine (C=N–C) groups is 1. The van der Waals surface area contributed by atoms with Crippen molar-refractivity contribution in [3.63, 3.8) is 0 Å². The third-order valence-electron chi connectivity index (χ3n) is 4.62. The van der Waals surface area contributed by atoms with Crippen molar-refractivity contribution in [3.05, 3.63) is 101 Å². The third-order valence-corrected chi connectivity index (χ3v) is 4.85. The van der Waals surface area contributed by atoms with E-state index in [1.807, 2.05) is 72.9 Å². The molecule has 0 unspecified atom stereocenters. The third kappa shape index (κ3) is 4.73. The summed E-state index contributed by atoms with van der Waals surface area (Å²) in [7, 11) is 1.67. The molecule has 30 heavy (non-hydrogen) atoms. The number of ether oxygens (including phenoxy) is 2. The molecule has 1 aromatic heterocycles. The van der Waals surface area contributed by atoms with Gasteiger partial charge in [0.1, 0.15) is 17.2 Å². The summed E-state index contributed by atoms with van der Waals surface area (Å²) in [5.74, 6) is 2.28. The van der Waals surface area contributed by atoms with Crippen molar-refractivity contribution >= 4 is 23.5 Å².